The fraction of sp³-hybridized carbons (Fsp3) is 0.312. The van der Waals surface area contributed by atoms with Crippen molar-refractivity contribution in [2.45, 2.75) is 19.9 Å². The van der Waals surface area contributed by atoms with Gasteiger partial charge in [0.15, 0.2) is 0 Å². The zero-order valence-corrected chi connectivity index (χ0v) is 11.3. The summed E-state index contributed by atoms with van der Waals surface area (Å²) in [5.74, 6) is 0.928. The van der Waals surface area contributed by atoms with Crippen molar-refractivity contribution in [3.63, 3.8) is 0 Å². The number of nitrogens with zero attached hydrogens (tertiary/aromatic N) is 1. The molecule has 0 saturated carbocycles. The third-order valence-electron chi connectivity index (χ3n) is 2.91. The number of hydrogen-bond acceptors (Lipinski definition) is 3. The zero-order valence-electron chi connectivity index (χ0n) is 11.3. The van der Waals surface area contributed by atoms with Crippen LogP contribution in [0.2, 0.25) is 0 Å². The van der Waals surface area contributed by atoms with Gasteiger partial charge >= 0.3 is 0 Å². The van der Waals surface area contributed by atoms with Crippen LogP contribution in [0.5, 0.6) is 5.75 Å². The quantitative estimate of drug-likeness (QED) is 0.773. The Balaban J connectivity index is 1.63. The molecule has 3 nitrogen and oxygen atoms in total. The van der Waals surface area contributed by atoms with Gasteiger partial charge in [0.05, 0.1) is 5.69 Å². The van der Waals surface area contributed by atoms with Crippen LogP contribution in [0.4, 0.5) is 0 Å². The van der Waals surface area contributed by atoms with Crippen molar-refractivity contribution in [3.8, 4) is 5.75 Å². The highest BCUT2D eigenvalue weighted by Gasteiger charge is 1.95. The third kappa shape index (κ3) is 4.72. The van der Waals surface area contributed by atoms with Crippen molar-refractivity contribution >= 4 is 0 Å². The van der Waals surface area contributed by atoms with Crippen LogP contribution in [-0.2, 0) is 13.0 Å². The van der Waals surface area contributed by atoms with Gasteiger partial charge in [-0.2, -0.15) is 0 Å². The topological polar surface area (TPSA) is 34.1 Å². The van der Waals surface area contributed by atoms with E-state index >= 15 is 0 Å². The van der Waals surface area contributed by atoms with Gasteiger partial charge in [-0.3, -0.25) is 4.98 Å². The lowest BCUT2D eigenvalue weighted by Crippen LogP contribution is -2.21. The van der Waals surface area contributed by atoms with Gasteiger partial charge in [0.2, 0.25) is 0 Å². The fourth-order valence-corrected chi connectivity index (χ4v) is 1.78. The van der Waals surface area contributed by atoms with E-state index in [1.54, 1.807) is 0 Å². The minimum atomic E-state index is 0.665. The molecule has 2 aromatic rings. The number of aryl methyl sites for hydroxylation is 1. The second kappa shape index (κ2) is 7.54. The maximum Gasteiger partial charge on any atom is 0.119 e. The van der Waals surface area contributed by atoms with E-state index in [1.165, 1.54) is 5.56 Å². The maximum absolute atomic E-state index is 5.66. The smallest absolute Gasteiger partial charge is 0.119 e. The van der Waals surface area contributed by atoms with Gasteiger partial charge in [0.1, 0.15) is 12.4 Å². The average Bonchev–Trinajstić information content (AvgIpc) is 2.49. The third-order valence-corrected chi connectivity index (χ3v) is 2.91. The fourth-order valence-electron chi connectivity index (χ4n) is 1.78. The lowest BCUT2D eigenvalue weighted by atomic mass is 10.2. The van der Waals surface area contributed by atoms with Crippen LogP contribution in [0.1, 0.15) is 18.2 Å². The molecule has 0 radical (unpaired) electrons. The van der Waals surface area contributed by atoms with Gasteiger partial charge in [-0.05, 0) is 36.2 Å². The van der Waals surface area contributed by atoms with Crippen molar-refractivity contribution in [2.24, 2.45) is 0 Å². The molecular formula is C16H20N2O. The number of benzene rings is 1. The number of pyridine rings is 1. The molecule has 3 heteroatoms. The maximum atomic E-state index is 5.66. The summed E-state index contributed by atoms with van der Waals surface area (Å²) in [5, 5.41) is 3.31. The molecule has 0 aliphatic carbocycles. The molecule has 0 amide bonds. The minimum Gasteiger partial charge on any atom is -0.492 e. The predicted molar refractivity (Wildman–Crippen MR) is 77.3 cm³/mol. The molecule has 1 N–H and O–H groups in total. The summed E-state index contributed by atoms with van der Waals surface area (Å²) in [6.07, 6.45) is 2.87. The Bertz CT molecular complexity index is 468. The Morgan fingerprint density at radius 2 is 1.95 bits per heavy atom. The van der Waals surface area contributed by atoms with Gasteiger partial charge in [0, 0.05) is 19.3 Å². The van der Waals surface area contributed by atoms with E-state index in [2.05, 4.69) is 29.4 Å². The van der Waals surface area contributed by atoms with Crippen LogP contribution in [0.3, 0.4) is 0 Å². The second-order valence-corrected chi connectivity index (χ2v) is 4.34. The number of hydrogen-bond donors (Lipinski definition) is 1. The van der Waals surface area contributed by atoms with Gasteiger partial charge in [-0.1, -0.05) is 25.1 Å². The summed E-state index contributed by atoms with van der Waals surface area (Å²) in [5.41, 5.74) is 2.38. The number of ether oxygens (including phenoxy) is 1. The van der Waals surface area contributed by atoms with E-state index in [-0.39, 0.29) is 0 Å². The highest BCUT2D eigenvalue weighted by atomic mass is 16.5. The Morgan fingerprint density at radius 1 is 1.11 bits per heavy atom. The van der Waals surface area contributed by atoms with Crippen LogP contribution >= 0.6 is 0 Å². The summed E-state index contributed by atoms with van der Waals surface area (Å²) >= 11 is 0. The van der Waals surface area contributed by atoms with E-state index < -0.39 is 0 Å². The van der Waals surface area contributed by atoms with Crippen molar-refractivity contribution < 1.29 is 4.74 Å². The van der Waals surface area contributed by atoms with Crippen molar-refractivity contribution in [1.29, 1.82) is 0 Å². The second-order valence-electron chi connectivity index (χ2n) is 4.34. The van der Waals surface area contributed by atoms with E-state index in [9.17, 15) is 0 Å². The summed E-state index contributed by atoms with van der Waals surface area (Å²) in [4.78, 5) is 4.25. The van der Waals surface area contributed by atoms with Gasteiger partial charge < -0.3 is 10.1 Å². The Hall–Kier alpha value is -1.87. The molecule has 0 atom stereocenters. The largest absolute Gasteiger partial charge is 0.492 e. The average molecular weight is 256 g/mol. The van der Waals surface area contributed by atoms with Crippen LogP contribution in [0, 0.1) is 0 Å². The molecule has 0 aliphatic rings. The summed E-state index contributed by atoms with van der Waals surface area (Å²) in [6, 6.07) is 14.2. The molecule has 2 rings (SSSR count). The zero-order chi connectivity index (χ0) is 13.3. The van der Waals surface area contributed by atoms with Crippen LogP contribution in [-0.4, -0.2) is 18.1 Å². The Kier molecular flexibility index (Phi) is 5.38. The molecule has 1 heterocycles. The summed E-state index contributed by atoms with van der Waals surface area (Å²) in [7, 11) is 0. The predicted octanol–water partition coefficient (Wildman–Crippen LogP) is 2.81. The lowest BCUT2D eigenvalue weighted by molar-refractivity contribution is 0.313. The first-order valence-electron chi connectivity index (χ1n) is 6.71. The summed E-state index contributed by atoms with van der Waals surface area (Å²) < 4.78 is 5.66. The van der Waals surface area contributed by atoms with Crippen LogP contribution < -0.4 is 10.1 Å². The Morgan fingerprint density at radius 3 is 2.63 bits per heavy atom. The number of nitrogens with one attached hydrogen (secondary N) is 1. The first kappa shape index (κ1) is 13.6. The lowest BCUT2D eigenvalue weighted by Gasteiger charge is -2.08. The van der Waals surface area contributed by atoms with Gasteiger partial charge in [-0.25, -0.2) is 0 Å². The molecule has 1 aromatic heterocycles. The van der Waals surface area contributed by atoms with Gasteiger partial charge in [0.25, 0.3) is 0 Å². The monoisotopic (exact) mass is 256 g/mol. The first-order valence-corrected chi connectivity index (χ1v) is 6.71. The van der Waals surface area contributed by atoms with E-state index in [0.29, 0.717) is 6.61 Å². The number of aromatic nitrogens is 1. The first-order chi connectivity index (χ1) is 9.38. The highest BCUT2D eigenvalue weighted by Crippen LogP contribution is 2.12. The van der Waals surface area contributed by atoms with Crippen molar-refractivity contribution in [2.75, 3.05) is 13.2 Å². The van der Waals surface area contributed by atoms with Crippen LogP contribution in [0.25, 0.3) is 0 Å². The molecule has 1 aromatic carbocycles. The molecule has 0 aliphatic heterocycles. The molecule has 0 saturated heterocycles. The molecule has 0 fully saturated rings. The summed E-state index contributed by atoms with van der Waals surface area (Å²) in [6.45, 7) is 4.40. The molecule has 19 heavy (non-hydrogen) atoms. The molecular weight excluding hydrogens is 236 g/mol. The molecule has 100 valence electrons. The van der Waals surface area contributed by atoms with Crippen LogP contribution in [0.15, 0.2) is 48.7 Å². The van der Waals surface area contributed by atoms with E-state index in [0.717, 1.165) is 31.0 Å². The highest BCUT2D eigenvalue weighted by molar-refractivity contribution is 5.27. The molecule has 0 spiro atoms. The SMILES string of the molecule is CCc1ccc(OCCNCc2ccccn2)cc1. The van der Waals surface area contributed by atoms with E-state index in [4.69, 9.17) is 4.74 Å². The number of rotatable bonds is 7. The molecule has 0 unspecified atom stereocenters. The van der Waals surface area contributed by atoms with Crippen molar-refractivity contribution in [3.05, 3.63) is 59.9 Å². The Labute approximate surface area is 114 Å². The standard InChI is InChI=1S/C16H20N2O/c1-2-14-6-8-16(9-7-14)19-12-11-17-13-15-5-3-4-10-18-15/h3-10,17H,2,11-13H2,1H3. The van der Waals surface area contributed by atoms with E-state index in [1.807, 2.05) is 36.5 Å². The molecule has 0 bridgehead atoms. The minimum absolute atomic E-state index is 0.665. The van der Waals surface area contributed by atoms with Crippen molar-refractivity contribution in [1.82, 2.24) is 10.3 Å². The normalized spacial score (nSPS) is 10.4. The van der Waals surface area contributed by atoms with Gasteiger partial charge in [-0.15, -0.1) is 0 Å².